The van der Waals surface area contributed by atoms with E-state index in [4.69, 9.17) is 0 Å². The van der Waals surface area contributed by atoms with E-state index in [-0.39, 0.29) is 12.6 Å². The summed E-state index contributed by atoms with van der Waals surface area (Å²) in [6.45, 7) is 4.68. The van der Waals surface area contributed by atoms with Crippen LogP contribution in [0.2, 0.25) is 0 Å². The molecule has 80 valence electrons. The van der Waals surface area contributed by atoms with Gasteiger partial charge in [0.2, 0.25) is 0 Å². The first kappa shape index (κ1) is 11.0. The summed E-state index contributed by atoms with van der Waals surface area (Å²) in [5.74, 6) is -1.19. The first-order valence-electron chi connectivity index (χ1n) is 5.18. The Kier molecular flexibility index (Phi) is 3.92. The van der Waals surface area contributed by atoms with E-state index >= 15 is 0 Å². The van der Waals surface area contributed by atoms with Crippen LogP contribution in [-0.2, 0) is 14.3 Å². The fourth-order valence-corrected chi connectivity index (χ4v) is 1.84. The molecule has 1 saturated heterocycles. The highest BCUT2D eigenvalue weighted by Gasteiger charge is 2.31. The summed E-state index contributed by atoms with van der Waals surface area (Å²) in [6.07, 6.45) is 2.90. The van der Waals surface area contributed by atoms with Crippen molar-refractivity contribution in [1.29, 1.82) is 0 Å². The maximum atomic E-state index is 11.6. The van der Waals surface area contributed by atoms with Gasteiger partial charge in [-0.25, -0.2) is 4.79 Å². The Balaban J connectivity index is 2.55. The van der Waals surface area contributed by atoms with Crippen LogP contribution in [0.5, 0.6) is 0 Å². The Bertz CT molecular complexity index is 227. The molecule has 1 fully saturated rings. The van der Waals surface area contributed by atoms with Crippen molar-refractivity contribution < 1.29 is 14.3 Å². The van der Waals surface area contributed by atoms with Crippen molar-refractivity contribution in [3.63, 3.8) is 0 Å². The lowest BCUT2D eigenvalue weighted by Crippen LogP contribution is -2.40. The zero-order valence-corrected chi connectivity index (χ0v) is 8.78. The monoisotopic (exact) mass is 199 g/mol. The molecule has 0 aromatic heterocycles. The smallest absolute Gasteiger partial charge is 0.397 e. The molecule has 0 radical (unpaired) electrons. The summed E-state index contributed by atoms with van der Waals surface area (Å²) in [6, 6.07) is 0.229. The van der Waals surface area contributed by atoms with E-state index in [0.717, 1.165) is 19.3 Å². The molecule has 0 unspecified atom stereocenters. The number of esters is 1. The zero-order chi connectivity index (χ0) is 10.6. The van der Waals surface area contributed by atoms with E-state index in [1.165, 1.54) is 0 Å². The maximum absolute atomic E-state index is 11.6. The molecule has 1 amide bonds. The van der Waals surface area contributed by atoms with Crippen molar-refractivity contribution in [2.24, 2.45) is 0 Å². The van der Waals surface area contributed by atoms with Crippen LogP contribution < -0.4 is 0 Å². The van der Waals surface area contributed by atoms with Crippen LogP contribution in [0.4, 0.5) is 0 Å². The third kappa shape index (κ3) is 2.25. The molecule has 14 heavy (non-hydrogen) atoms. The van der Waals surface area contributed by atoms with E-state index in [9.17, 15) is 9.59 Å². The van der Waals surface area contributed by atoms with Gasteiger partial charge in [0, 0.05) is 12.6 Å². The Hall–Kier alpha value is -1.06. The maximum Gasteiger partial charge on any atom is 0.397 e. The SMILES string of the molecule is CCOC(=O)C(=O)N1CCC[C@@H]1CC. The van der Waals surface area contributed by atoms with Crippen LogP contribution in [-0.4, -0.2) is 36.0 Å². The fraction of sp³-hybridized carbons (Fsp3) is 0.800. The molecular formula is C10H17NO3. The third-order valence-electron chi connectivity index (χ3n) is 2.56. The van der Waals surface area contributed by atoms with Gasteiger partial charge in [-0.05, 0) is 26.2 Å². The molecule has 0 aromatic rings. The number of hydrogen-bond donors (Lipinski definition) is 0. The molecular weight excluding hydrogens is 182 g/mol. The van der Waals surface area contributed by atoms with Crippen LogP contribution in [0.3, 0.4) is 0 Å². The van der Waals surface area contributed by atoms with Gasteiger partial charge in [0.15, 0.2) is 0 Å². The first-order chi connectivity index (χ1) is 6.70. The predicted octanol–water partition coefficient (Wildman–Crippen LogP) is 0.950. The van der Waals surface area contributed by atoms with Crippen LogP contribution in [0.1, 0.15) is 33.1 Å². The summed E-state index contributed by atoms with van der Waals surface area (Å²) in [4.78, 5) is 24.4. The van der Waals surface area contributed by atoms with Crippen molar-refractivity contribution in [3.8, 4) is 0 Å². The van der Waals surface area contributed by atoms with Gasteiger partial charge in [0.25, 0.3) is 0 Å². The molecule has 0 spiro atoms. The highest BCUT2D eigenvalue weighted by molar-refractivity contribution is 6.32. The molecule has 0 aliphatic carbocycles. The van der Waals surface area contributed by atoms with Crippen molar-refractivity contribution >= 4 is 11.9 Å². The lowest BCUT2D eigenvalue weighted by Gasteiger charge is -2.22. The second-order valence-corrected chi connectivity index (χ2v) is 3.42. The van der Waals surface area contributed by atoms with Crippen molar-refractivity contribution in [1.82, 2.24) is 4.90 Å². The minimum atomic E-state index is -0.715. The summed E-state index contributed by atoms with van der Waals surface area (Å²) in [7, 11) is 0. The Morgan fingerprint density at radius 3 is 2.71 bits per heavy atom. The normalized spacial score (nSPS) is 21.0. The number of amides is 1. The second kappa shape index (κ2) is 4.98. The van der Waals surface area contributed by atoms with Gasteiger partial charge < -0.3 is 9.64 Å². The molecule has 0 aromatic carbocycles. The number of hydrogen-bond acceptors (Lipinski definition) is 3. The summed E-state index contributed by atoms with van der Waals surface area (Å²) >= 11 is 0. The highest BCUT2D eigenvalue weighted by Crippen LogP contribution is 2.19. The summed E-state index contributed by atoms with van der Waals surface area (Å²) < 4.78 is 4.68. The van der Waals surface area contributed by atoms with Crippen LogP contribution >= 0.6 is 0 Å². The van der Waals surface area contributed by atoms with Gasteiger partial charge in [-0.2, -0.15) is 0 Å². The quantitative estimate of drug-likeness (QED) is 0.491. The molecule has 1 aliphatic rings. The van der Waals surface area contributed by atoms with Crippen molar-refractivity contribution in [2.75, 3.05) is 13.2 Å². The first-order valence-corrected chi connectivity index (χ1v) is 5.18. The van der Waals surface area contributed by atoms with E-state index in [0.29, 0.717) is 6.54 Å². The van der Waals surface area contributed by atoms with Gasteiger partial charge >= 0.3 is 11.9 Å². The number of likely N-dealkylation sites (tertiary alicyclic amines) is 1. The average Bonchev–Trinajstić information content (AvgIpc) is 2.64. The van der Waals surface area contributed by atoms with Crippen LogP contribution in [0, 0.1) is 0 Å². The lowest BCUT2D eigenvalue weighted by atomic mass is 10.2. The van der Waals surface area contributed by atoms with E-state index in [2.05, 4.69) is 4.74 Å². The molecule has 1 heterocycles. The molecule has 0 saturated carbocycles. The Labute approximate surface area is 84.2 Å². The molecule has 1 rings (SSSR count). The molecule has 4 heteroatoms. The fourth-order valence-electron chi connectivity index (χ4n) is 1.84. The van der Waals surface area contributed by atoms with Gasteiger partial charge in [-0.1, -0.05) is 6.92 Å². The highest BCUT2D eigenvalue weighted by atomic mass is 16.5. The van der Waals surface area contributed by atoms with Crippen molar-refractivity contribution in [3.05, 3.63) is 0 Å². The minimum Gasteiger partial charge on any atom is -0.459 e. The van der Waals surface area contributed by atoms with Crippen molar-refractivity contribution in [2.45, 2.75) is 39.2 Å². The molecule has 1 atom stereocenters. The molecule has 1 aliphatic heterocycles. The number of carbonyl (C=O) groups excluding carboxylic acids is 2. The van der Waals surface area contributed by atoms with E-state index in [1.807, 2.05) is 6.92 Å². The molecule has 0 bridgehead atoms. The van der Waals surface area contributed by atoms with Crippen LogP contribution in [0.25, 0.3) is 0 Å². The topological polar surface area (TPSA) is 46.6 Å². The zero-order valence-electron chi connectivity index (χ0n) is 8.78. The van der Waals surface area contributed by atoms with Gasteiger partial charge in [-0.3, -0.25) is 4.79 Å². The summed E-state index contributed by atoms with van der Waals surface area (Å²) in [5.41, 5.74) is 0. The number of rotatable bonds is 2. The lowest BCUT2D eigenvalue weighted by molar-refractivity contribution is -0.160. The number of carbonyl (C=O) groups is 2. The largest absolute Gasteiger partial charge is 0.459 e. The third-order valence-corrected chi connectivity index (χ3v) is 2.56. The molecule has 4 nitrogen and oxygen atoms in total. The molecule has 0 N–H and O–H groups in total. The minimum absolute atomic E-state index is 0.229. The Morgan fingerprint density at radius 1 is 1.43 bits per heavy atom. The van der Waals surface area contributed by atoms with Gasteiger partial charge in [-0.15, -0.1) is 0 Å². The summed E-state index contributed by atoms with van der Waals surface area (Å²) in [5, 5.41) is 0. The second-order valence-electron chi connectivity index (χ2n) is 3.42. The van der Waals surface area contributed by atoms with Gasteiger partial charge in [0.1, 0.15) is 0 Å². The van der Waals surface area contributed by atoms with Gasteiger partial charge in [0.05, 0.1) is 6.61 Å². The predicted molar refractivity (Wildman–Crippen MR) is 51.7 cm³/mol. The average molecular weight is 199 g/mol. The standard InChI is InChI=1S/C10H17NO3/c1-3-8-6-5-7-11(8)9(12)10(13)14-4-2/h8H,3-7H2,1-2H3/t8-/m0/s1. The Morgan fingerprint density at radius 2 is 2.14 bits per heavy atom. The number of ether oxygens (including phenoxy) is 1. The number of nitrogens with zero attached hydrogens (tertiary/aromatic N) is 1. The van der Waals surface area contributed by atoms with E-state index in [1.54, 1.807) is 11.8 Å². The van der Waals surface area contributed by atoms with E-state index < -0.39 is 11.9 Å². The van der Waals surface area contributed by atoms with Crippen LogP contribution in [0.15, 0.2) is 0 Å².